The highest BCUT2D eigenvalue weighted by Crippen LogP contribution is 2.40. The van der Waals surface area contributed by atoms with E-state index in [9.17, 15) is 10.1 Å². The van der Waals surface area contributed by atoms with Gasteiger partial charge in [0.05, 0.1) is 10.5 Å². The smallest absolute Gasteiger partial charge is 0.278 e. The number of para-hydroxylation sites is 2. The van der Waals surface area contributed by atoms with Gasteiger partial charge in [0.25, 0.3) is 5.69 Å². The van der Waals surface area contributed by atoms with Crippen LogP contribution in [0, 0.1) is 10.1 Å². The van der Waals surface area contributed by atoms with Crippen LogP contribution < -0.4 is 10.1 Å². The lowest BCUT2D eigenvalue weighted by molar-refractivity contribution is -0.386. The number of thioether (sulfide) groups is 1. The molecule has 0 amide bonds. The minimum atomic E-state index is -0.788. The molecule has 0 radical (unpaired) electrons. The lowest BCUT2D eigenvalue weighted by Crippen LogP contribution is -2.18. The molecule has 4 rings (SSSR count). The van der Waals surface area contributed by atoms with E-state index in [2.05, 4.69) is 27.4 Å². The Morgan fingerprint density at radius 2 is 1.93 bits per heavy atom. The second kappa shape index (κ2) is 9.08. The van der Waals surface area contributed by atoms with E-state index in [1.807, 2.05) is 24.3 Å². The first-order chi connectivity index (χ1) is 14.7. The fraction of sp³-hybridized carbons (Fsp3) is 0.286. The second-order valence-electron chi connectivity index (χ2n) is 6.81. The number of rotatable bonds is 7. The zero-order chi connectivity index (χ0) is 20.9. The van der Waals surface area contributed by atoms with Crippen LogP contribution >= 0.6 is 11.8 Å². The quantitative estimate of drug-likeness (QED) is 0.238. The number of nitrogens with zero attached hydrogens (tertiary/aromatic N) is 4. The Morgan fingerprint density at radius 1 is 1.13 bits per heavy atom. The zero-order valence-electron chi connectivity index (χ0n) is 16.4. The van der Waals surface area contributed by atoms with Crippen molar-refractivity contribution in [3.8, 4) is 17.1 Å². The molecule has 1 aliphatic rings. The predicted molar refractivity (Wildman–Crippen MR) is 116 cm³/mol. The van der Waals surface area contributed by atoms with Crippen LogP contribution in [0.1, 0.15) is 38.0 Å². The van der Waals surface area contributed by atoms with E-state index in [1.165, 1.54) is 17.8 Å². The van der Waals surface area contributed by atoms with Gasteiger partial charge >= 0.3 is 0 Å². The van der Waals surface area contributed by atoms with E-state index in [0.717, 1.165) is 36.3 Å². The fourth-order valence-electron chi connectivity index (χ4n) is 3.24. The van der Waals surface area contributed by atoms with Gasteiger partial charge in [-0.3, -0.25) is 10.1 Å². The highest BCUT2D eigenvalue weighted by atomic mass is 32.2. The topological polar surface area (TPSA) is 103 Å². The number of nitro groups is 1. The monoisotopic (exact) mass is 423 g/mol. The fourth-order valence-corrected chi connectivity index (χ4v) is 4.02. The Bertz CT molecular complexity index is 1060. The number of fused-ring (bicyclic) bond motifs is 3. The Balaban J connectivity index is 1.73. The molecule has 0 saturated heterocycles. The van der Waals surface area contributed by atoms with Crippen LogP contribution in [0.4, 0.5) is 11.4 Å². The summed E-state index contributed by atoms with van der Waals surface area (Å²) >= 11 is 1.53. The van der Waals surface area contributed by atoms with Gasteiger partial charge in [0.15, 0.2) is 5.69 Å². The number of unbranched alkanes of at least 4 members (excludes halogenated alkanes) is 2. The summed E-state index contributed by atoms with van der Waals surface area (Å²) in [5, 5.41) is 24.0. The van der Waals surface area contributed by atoms with Gasteiger partial charge in [-0.1, -0.05) is 61.9 Å². The van der Waals surface area contributed by atoms with Crippen molar-refractivity contribution in [1.82, 2.24) is 15.2 Å². The first-order valence-corrected chi connectivity index (χ1v) is 10.8. The minimum absolute atomic E-state index is 0.0212. The molecule has 0 aliphatic carbocycles. The minimum Gasteiger partial charge on any atom is -0.447 e. The predicted octanol–water partition coefficient (Wildman–Crippen LogP) is 5.23. The van der Waals surface area contributed by atoms with Crippen molar-refractivity contribution in [2.75, 3.05) is 11.1 Å². The Hall–Kier alpha value is -3.20. The van der Waals surface area contributed by atoms with E-state index in [4.69, 9.17) is 4.74 Å². The van der Waals surface area contributed by atoms with Crippen molar-refractivity contribution in [2.45, 2.75) is 37.6 Å². The van der Waals surface area contributed by atoms with Gasteiger partial charge in [-0.25, -0.2) is 0 Å². The van der Waals surface area contributed by atoms with E-state index in [0.29, 0.717) is 22.3 Å². The molecular weight excluding hydrogens is 402 g/mol. The molecule has 154 valence electrons. The number of nitro benzene ring substituents is 1. The van der Waals surface area contributed by atoms with Crippen LogP contribution in [0.5, 0.6) is 5.88 Å². The van der Waals surface area contributed by atoms with Gasteiger partial charge in [-0.05, 0) is 18.6 Å². The van der Waals surface area contributed by atoms with Gasteiger partial charge in [0.2, 0.25) is 17.3 Å². The summed E-state index contributed by atoms with van der Waals surface area (Å²) in [4.78, 5) is 15.7. The molecule has 8 nitrogen and oxygen atoms in total. The summed E-state index contributed by atoms with van der Waals surface area (Å²) in [5.74, 6) is 1.21. The highest BCUT2D eigenvalue weighted by Gasteiger charge is 2.30. The van der Waals surface area contributed by atoms with Gasteiger partial charge in [-0.2, -0.15) is 4.98 Å². The SMILES string of the molecule is CCCCCSc1nnc2c(n1)OC(c1ccccc1[N+](=O)[O-])Nc1ccccc1-2. The molecule has 1 aromatic heterocycles. The average molecular weight is 423 g/mol. The van der Waals surface area contributed by atoms with Crippen LogP contribution in [0.3, 0.4) is 0 Å². The molecule has 1 unspecified atom stereocenters. The summed E-state index contributed by atoms with van der Waals surface area (Å²) in [5.41, 5.74) is 2.44. The maximum atomic E-state index is 11.5. The molecule has 9 heteroatoms. The van der Waals surface area contributed by atoms with Crippen molar-refractivity contribution >= 4 is 23.1 Å². The van der Waals surface area contributed by atoms with Gasteiger partial charge in [0.1, 0.15) is 0 Å². The number of ether oxygens (including phenoxy) is 1. The molecule has 0 fully saturated rings. The molecule has 2 aromatic carbocycles. The summed E-state index contributed by atoms with van der Waals surface area (Å²) in [6, 6.07) is 14.1. The normalized spacial score (nSPS) is 14.6. The van der Waals surface area contributed by atoms with Crippen LogP contribution in [0.2, 0.25) is 0 Å². The molecule has 1 atom stereocenters. The Labute approximate surface area is 178 Å². The molecular formula is C21H21N5O3S. The largest absolute Gasteiger partial charge is 0.447 e. The lowest BCUT2D eigenvalue weighted by atomic mass is 10.1. The van der Waals surface area contributed by atoms with Gasteiger partial charge in [0, 0.05) is 23.1 Å². The first kappa shape index (κ1) is 20.1. The third-order valence-electron chi connectivity index (χ3n) is 4.73. The number of nitrogens with one attached hydrogen (secondary N) is 1. The molecule has 1 N–H and O–H groups in total. The van der Waals surface area contributed by atoms with Crippen molar-refractivity contribution in [3.05, 3.63) is 64.2 Å². The van der Waals surface area contributed by atoms with Gasteiger partial charge < -0.3 is 10.1 Å². The molecule has 0 bridgehead atoms. The standard InChI is InChI=1S/C21H21N5O3S/c1-2-3-8-13-30-21-23-20-18(24-25-21)14-9-4-6-11-16(14)22-19(29-20)15-10-5-7-12-17(15)26(27)28/h4-7,9-12,19,22H,2-3,8,13H2,1H3. The molecule has 2 heterocycles. The van der Waals surface area contributed by atoms with Crippen molar-refractivity contribution in [1.29, 1.82) is 0 Å². The molecule has 1 aliphatic heterocycles. The van der Waals surface area contributed by atoms with Crippen LogP contribution in [0.15, 0.2) is 53.7 Å². The molecule has 0 saturated carbocycles. The Kier molecular flexibility index (Phi) is 6.08. The number of benzene rings is 2. The molecule has 3 aromatic rings. The van der Waals surface area contributed by atoms with Crippen LogP contribution in [-0.4, -0.2) is 25.9 Å². The third-order valence-corrected chi connectivity index (χ3v) is 5.65. The van der Waals surface area contributed by atoms with Crippen LogP contribution in [0.25, 0.3) is 11.3 Å². The van der Waals surface area contributed by atoms with Gasteiger partial charge in [-0.15, -0.1) is 10.2 Å². The lowest BCUT2D eigenvalue weighted by Gasteiger charge is -2.19. The molecule has 0 spiro atoms. The number of hydrogen-bond donors (Lipinski definition) is 1. The first-order valence-electron chi connectivity index (χ1n) is 9.80. The maximum Gasteiger partial charge on any atom is 0.278 e. The maximum absolute atomic E-state index is 11.5. The average Bonchev–Trinajstić information content (AvgIpc) is 2.93. The second-order valence-corrected chi connectivity index (χ2v) is 7.87. The number of hydrogen-bond acceptors (Lipinski definition) is 8. The summed E-state index contributed by atoms with van der Waals surface area (Å²) in [7, 11) is 0. The van der Waals surface area contributed by atoms with E-state index < -0.39 is 11.2 Å². The zero-order valence-corrected chi connectivity index (χ0v) is 17.3. The summed E-state index contributed by atoms with van der Waals surface area (Å²) in [6.07, 6.45) is 2.58. The summed E-state index contributed by atoms with van der Waals surface area (Å²) in [6.45, 7) is 2.16. The third kappa shape index (κ3) is 4.20. The summed E-state index contributed by atoms with van der Waals surface area (Å²) < 4.78 is 6.14. The number of anilines is 1. The molecule has 30 heavy (non-hydrogen) atoms. The Morgan fingerprint density at radius 3 is 2.77 bits per heavy atom. The van der Waals surface area contributed by atoms with Crippen molar-refractivity contribution in [3.63, 3.8) is 0 Å². The van der Waals surface area contributed by atoms with Crippen LogP contribution in [-0.2, 0) is 0 Å². The van der Waals surface area contributed by atoms with E-state index in [1.54, 1.807) is 18.2 Å². The van der Waals surface area contributed by atoms with Crippen molar-refractivity contribution < 1.29 is 9.66 Å². The van der Waals surface area contributed by atoms with E-state index >= 15 is 0 Å². The van der Waals surface area contributed by atoms with E-state index in [-0.39, 0.29) is 5.69 Å². The number of aromatic nitrogens is 3. The van der Waals surface area contributed by atoms with Crippen molar-refractivity contribution in [2.24, 2.45) is 0 Å². The highest BCUT2D eigenvalue weighted by molar-refractivity contribution is 7.99.